The fourth-order valence-corrected chi connectivity index (χ4v) is 3.20. The second kappa shape index (κ2) is 6.63. The molecule has 140 valence electrons. The lowest BCUT2D eigenvalue weighted by molar-refractivity contribution is 0.229. The molecule has 0 atom stereocenters. The average Bonchev–Trinajstić information content (AvgIpc) is 3.18. The molecule has 8 heteroatoms. The van der Waals surface area contributed by atoms with Crippen LogP contribution in [0, 0.1) is 0 Å². The first kappa shape index (κ1) is 18.8. The van der Waals surface area contributed by atoms with Crippen LogP contribution in [-0.2, 0) is 5.54 Å². The first-order valence-electron chi connectivity index (χ1n) is 8.90. The molecule has 3 heterocycles. The molecule has 0 amide bonds. The Morgan fingerprint density at radius 1 is 1.19 bits per heavy atom. The molecule has 0 saturated heterocycles. The van der Waals surface area contributed by atoms with E-state index in [-0.39, 0.29) is 24.4 Å². The lowest BCUT2D eigenvalue weighted by atomic mass is 9.77. The highest BCUT2D eigenvalue weighted by Crippen LogP contribution is 2.38. The molecule has 1 aliphatic carbocycles. The Hall–Kier alpha value is -1.99. The molecule has 4 rings (SSSR count). The molecular formula is C18H25ClN6O. The maximum Gasteiger partial charge on any atom is 0.258 e. The summed E-state index contributed by atoms with van der Waals surface area (Å²) in [7, 11) is 0. The van der Waals surface area contributed by atoms with Gasteiger partial charge < -0.3 is 10.3 Å². The van der Waals surface area contributed by atoms with Gasteiger partial charge in [-0.05, 0) is 45.1 Å². The highest BCUT2D eigenvalue weighted by Gasteiger charge is 2.39. The molecule has 1 fully saturated rings. The summed E-state index contributed by atoms with van der Waals surface area (Å²) in [5.74, 6) is 1.37. The van der Waals surface area contributed by atoms with Crippen molar-refractivity contribution in [3.05, 3.63) is 23.8 Å². The highest BCUT2D eigenvalue weighted by molar-refractivity contribution is 5.90. The van der Waals surface area contributed by atoms with E-state index in [1.54, 1.807) is 0 Å². The quantitative estimate of drug-likeness (QED) is 0.740. The minimum atomic E-state index is -0.434. The molecule has 7 nitrogen and oxygen atoms in total. The third kappa shape index (κ3) is 2.89. The van der Waals surface area contributed by atoms with Gasteiger partial charge in [0.15, 0.2) is 11.5 Å². The first-order chi connectivity index (χ1) is 11.9. The predicted molar refractivity (Wildman–Crippen MR) is 102 cm³/mol. The Morgan fingerprint density at radius 3 is 2.50 bits per heavy atom. The van der Waals surface area contributed by atoms with E-state index in [9.17, 15) is 0 Å². The third-order valence-electron chi connectivity index (χ3n) is 5.01. The number of fused-ring (bicyclic) bond motifs is 1. The van der Waals surface area contributed by atoms with Crippen LogP contribution in [0.15, 0.2) is 16.8 Å². The molecule has 3 aromatic heterocycles. The van der Waals surface area contributed by atoms with Gasteiger partial charge in [-0.3, -0.25) is 0 Å². The molecule has 1 aliphatic rings. The monoisotopic (exact) mass is 376 g/mol. The zero-order valence-electron chi connectivity index (χ0n) is 15.6. The van der Waals surface area contributed by atoms with Crippen LogP contribution in [0.2, 0.25) is 0 Å². The number of pyridine rings is 1. The standard InChI is InChI=1S/C18H24N6O.ClH/c1-10(2)14-8-12(13-9-20-24(11(3)4)15(13)21-14)16-22-17(23-25-16)18(19)6-5-7-18;/h8-11H,5-7,19H2,1-4H3;1H. The van der Waals surface area contributed by atoms with E-state index in [0.717, 1.165) is 41.6 Å². The van der Waals surface area contributed by atoms with Crippen LogP contribution >= 0.6 is 12.4 Å². The van der Waals surface area contributed by atoms with Crippen LogP contribution in [0.25, 0.3) is 22.5 Å². The number of nitrogens with two attached hydrogens (primary N) is 1. The van der Waals surface area contributed by atoms with Gasteiger partial charge in [0.2, 0.25) is 0 Å². The van der Waals surface area contributed by atoms with Gasteiger partial charge in [-0.15, -0.1) is 12.4 Å². The summed E-state index contributed by atoms with van der Waals surface area (Å²) >= 11 is 0. The average molecular weight is 377 g/mol. The maximum absolute atomic E-state index is 6.34. The van der Waals surface area contributed by atoms with Crippen molar-refractivity contribution in [3.63, 3.8) is 0 Å². The number of halogens is 1. The van der Waals surface area contributed by atoms with E-state index in [1.165, 1.54) is 0 Å². The van der Waals surface area contributed by atoms with Crippen LogP contribution in [0.5, 0.6) is 0 Å². The fourth-order valence-electron chi connectivity index (χ4n) is 3.20. The van der Waals surface area contributed by atoms with Gasteiger partial charge >= 0.3 is 0 Å². The van der Waals surface area contributed by atoms with E-state index in [0.29, 0.717) is 11.7 Å². The molecule has 0 unspecified atom stereocenters. The Morgan fingerprint density at radius 2 is 1.92 bits per heavy atom. The topological polar surface area (TPSA) is 95.6 Å². The predicted octanol–water partition coefficient (Wildman–Crippen LogP) is 3.95. The van der Waals surface area contributed by atoms with Crippen molar-refractivity contribution in [3.8, 4) is 11.5 Å². The largest absolute Gasteiger partial charge is 0.334 e. The van der Waals surface area contributed by atoms with Crippen LogP contribution in [-0.4, -0.2) is 24.9 Å². The van der Waals surface area contributed by atoms with Crippen molar-refractivity contribution in [2.24, 2.45) is 5.73 Å². The van der Waals surface area contributed by atoms with Gasteiger partial charge in [0, 0.05) is 11.7 Å². The van der Waals surface area contributed by atoms with Gasteiger partial charge in [-0.1, -0.05) is 19.0 Å². The minimum Gasteiger partial charge on any atom is -0.334 e. The SMILES string of the molecule is CC(C)c1cc(-c2nc(C3(N)CCC3)no2)c2cnn(C(C)C)c2n1.Cl. The molecule has 1 saturated carbocycles. The van der Waals surface area contributed by atoms with Gasteiger partial charge in [0.1, 0.15) is 0 Å². The van der Waals surface area contributed by atoms with Crippen LogP contribution in [0.1, 0.15) is 70.4 Å². The summed E-state index contributed by atoms with van der Waals surface area (Å²) in [6.07, 6.45) is 4.74. The molecule has 0 aliphatic heterocycles. The van der Waals surface area contributed by atoms with Crippen molar-refractivity contribution in [2.75, 3.05) is 0 Å². The van der Waals surface area contributed by atoms with Crippen LogP contribution in [0.3, 0.4) is 0 Å². The van der Waals surface area contributed by atoms with Crippen molar-refractivity contribution in [1.82, 2.24) is 24.9 Å². The smallest absolute Gasteiger partial charge is 0.258 e. The fraction of sp³-hybridized carbons (Fsp3) is 0.556. The van der Waals surface area contributed by atoms with Gasteiger partial charge in [0.25, 0.3) is 5.89 Å². The molecular weight excluding hydrogens is 352 g/mol. The van der Waals surface area contributed by atoms with Gasteiger partial charge in [0.05, 0.1) is 22.7 Å². The number of rotatable bonds is 4. The molecule has 0 bridgehead atoms. The Bertz CT molecular complexity index is 925. The third-order valence-corrected chi connectivity index (χ3v) is 5.01. The first-order valence-corrected chi connectivity index (χ1v) is 8.90. The van der Waals surface area contributed by atoms with Crippen molar-refractivity contribution in [2.45, 2.75) is 64.5 Å². The van der Waals surface area contributed by atoms with Crippen molar-refractivity contribution >= 4 is 23.4 Å². The molecule has 3 aromatic rings. The van der Waals surface area contributed by atoms with Gasteiger partial charge in [-0.2, -0.15) is 10.1 Å². The van der Waals surface area contributed by atoms with Crippen LogP contribution < -0.4 is 5.73 Å². The summed E-state index contributed by atoms with van der Waals surface area (Å²) in [6, 6.07) is 2.25. The summed E-state index contributed by atoms with van der Waals surface area (Å²) in [4.78, 5) is 9.42. The Kier molecular flexibility index (Phi) is 4.79. The molecule has 26 heavy (non-hydrogen) atoms. The second-order valence-corrected chi connectivity index (χ2v) is 7.60. The minimum absolute atomic E-state index is 0. The van der Waals surface area contributed by atoms with E-state index < -0.39 is 5.54 Å². The summed E-state index contributed by atoms with van der Waals surface area (Å²) in [5.41, 5.74) is 8.61. The summed E-state index contributed by atoms with van der Waals surface area (Å²) < 4.78 is 7.51. The lowest BCUT2D eigenvalue weighted by Gasteiger charge is -2.34. The van der Waals surface area contributed by atoms with E-state index in [2.05, 4.69) is 42.9 Å². The lowest BCUT2D eigenvalue weighted by Crippen LogP contribution is -2.44. The summed E-state index contributed by atoms with van der Waals surface area (Å²) in [5, 5.41) is 9.58. The van der Waals surface area contributed by atoms with Crippen molar-refractivity contribution in [1.29, 1.82) is 0 Å². The van der Waals surface area contributed by atoms with Crippen molar-refractivity contribution < 1.29 is 4.52 Å². The zero-order valence-corrected chi connectivity index (χ0v) is 16.4. The number of nitrogens with zero attached hydrogens (tertiary/aromatic N) is 5. The number of hydrogen-bond donors (Lipinski definition) is 1. The van der Waals surface area contributed by atoms with E-state index in [4.69, 9.17) is 15.2 Å². The highest BCUT2D eigenvalue weighted by atomic mass is 35.5. The molecule has 0 aromatic carbocycles. The summed E-state index contributed by atoms with van der Waals surface area (Å²) in [6.45, 7) is 8.43. The molecule has 0 radical (unpaired) electrons. The van der Waals surface area contributed by atoms with E-state index in [1.807, 2.05) is 16.9 Å². The Balaban J connectivity index is 0.00000196. The maximum atomic E-state index is 6.34. The number of aromatic nitrogens is 5. The van der Waals surface area contributed by atoms with Crippen LogP contribution in [0.4, 0.5) is 0 Å². The molecule has 2 N–H and O–H groups in total. The normalized spacial score (nSPS) is 16.1. The molecule has 0 spiro atoms. The van der Waals surface area contributed by atoms with Gasteiger partial charge in [-0.25, -0.2) is 9.67 Å². The number of hydrogen-bond acceptors (Lipinski definition) is 6. The zero-order chi connectivity index (χ0) is 17.8. The van der Waals surface area contributed by atoms with E-state index >= 15 is 0 Å². The Labute approximate surface area is 158 Å². The second-order valence-electron chi connectivity index (χ2n) is 7.60.